The van der Waals surface area contributed by atoms with Crippen LogP contribution in [0.3, 0.4) is 0 Å². The second kappa shape index (κ2) is 9.94. The van der Waals surface area contributed by atoms with Gasteiger partial charge in [-0.1, -0.05) is 42.5 Å². The summed E-state index contributed by atoms with van der Waals surface area (Å²) >= 11 is 0. The van der Waals surface area contributed by atoms with Gasteiger partial charge < -0.3 is 15.6 Å². The van der Waals surface area contributed by atoms with E-state index < -0.39 is 6.10 Å². The third kappa shape index (κ3) is 6.86. The lowest BCUT2D eigenvalue weighted by atomic mass is 10.1. The molecule has 5 nitrogen and oxygen atoms in total. The zero-order valence-corrected chi connectivity index (χ0v) is 15.5. The quantitative estimate of drug-likeness (QED) is 0.685. The molecule has 1 atom stereocenters. The van der Waals surface area contributed by atoms with E-state index in [9.17, 15) is 9.90 Å². The largest absolute Gasteiger partial charge is 0.491 e. The molecule has 26 heavy (non-hydrogen) atoms. The lowest BCUT2D eigenvalue weighted by Crippen LogP contribution is -2.39. The average molecular weight is 356 g/mol. The summed E-state index contributed by atoms with van der Waals surface area (Å²) in [5.41, 5.74) is 7.25. The first kappa shape index (κ1) is 19.9. The number of hydrogen-bond donors (Lipinski definition) is 2. The molecule has 0 radical (unpaired) electrons. The zero-order valence-electron chi connectivity index (χ0n) is 15.5. The Kier molecular flexibility index (Phi) is 7.63. The van der Waals surface area contributed by atoms with E-state index in [1.165, 1.54) is 5.56 Å². The van der Waals surface area contributed by atoms with Crippen LogP contribution in [0.1, 0.15) is 25.0 Å². The summed E-state index contributed by atoms with van der Waals surface area (Å²) in [6.07, 6.45) is -0.377. The number of benzene rings is 2. The minimum atomic E-state index is -0.591. The molecule has 0 saturated heterocycles. The van der Waals surface area contributed by atoms with Gasteiger partial charge in [0, 0.05) is 19.1 Å². The third-order valence-electron chi connectivity index (χ3n) is 4.15. The maximum absolute atomic E-state index is 10.9. The Bertz CT molecular complexity index is 671. The number of hydrogen-bond acceptors (Lipinski definition) is 4. The van der Waals surface area contributed by atoms with Gasteiger partial charge in [-0.25, -0.2) is 0 Å². The van der Waals surface area contributed by atoms with E-state index in [0.29, 0.717) is 18.3 Å². The second-order valence-electron chi connectivity index (χ2n) is 6.76. The second-order valence-corrected chi connectivity index (χ2v) is 6.76. The highest BCUT2D eigenvalue weighted by molar-refractivity contribution is 5.76. The van der Waals surface area contributed by atoms with Gasteiger partial charge in [0.15, 0.2) is 0 Å². The third-order valence-corrected chi connectivity index (χ3v) is 4.15. The summed E-state index contributed by atoms with van der Waals surface area (Å²) in [5.74, 6) is 0.303. The molecule has 1 amide bonds. The van der Waals surface area contributed by atoms with Crippen LogP contribution in [0, 0.1) is 0 Å². The molecular formula is C21H28N2O3. The monoisotopic (exact) mass is 356 g/mol. The molecule has 3 N–H and O–H groups in total. The maximum atomic E-state index is 10.9. The lowest BCUT2D eigenvalue weighted by Gasteiger charge is -2.28. The fourth-order valence-corrected chi connectivity index (χ4v) is 2.70. The number of aliphatic hydroxyl groups excluding tert-OH is 1. The highest BCUT2D eigenvalue weighted by Gasteiger charge is 2.16. The molecule has 2 aromatic rings. The van der Waals surface area contributed by atoms with Crippen molar-refractivity contribution in [1.82, 2.24) is 4.90 Å². The van der Waals surface area contributed by atoms with E-state index in [4.69, 9.17) is 10.5 Å². The Morgan fingerprint density at radius 2 is 1.73 bits per heavy atom. The fourth-order valence-electron chi connectivity index (χ4n) is 2.70. The first-order valence-electron chi connectivity index (χ1n) is 8.90. The topological polar surface area (TPSA) is 75.8 Å². The van der Waals surface area contributed by atoms with Gasteiger partial charge in [-0.3, -0.25) is 9.69 Å². The number of carbonyl (C=O) groups excluding carboxylic acids is 1. The molecule has 0 bridgehead atoms. The standard InChI is InChI=1S/C21H28N2O3/c1-16(2)23(13-18-6-4-3-5-7-18)14-19(24)15-26-20-10-8-17(9-11-20)12-21(22)25/h3-11,16,19,24H,12-15H2,1-2H3,(H2,22,25)/t19-/m0/s1. The molecule has 0 spiro atoms. The first-order valence-corrected chi connectivity index (χ1v) is 8.90. The van der Waals surface area contributed by atoms with Gasteiger partial charge in [0.2, 0.25) is 5.91 Å². The van der Waals surface area contributed by atoms with Gasteiger partial charge in [-0.15, -0.1) is 0 Å². The van der Waals surface area contributed by atoms with Crippen molar-refractivity contribution in [3.63, 3.8) is 0 Å². The highest BCUT2D eigenvalue weighted by Crippen LogP contribution is 2.14. The molecule has 0 fully saturated rings. The van der Waals surface area contributed by atoms with Crippen molar-refractivity contribution in [2.45, 2.75) is 39.0 Å². The Labute approximate surface area is 155 Å². The number of primary amides is 1. The van der Waals surface area contributed by atoms with E-state index in [0.717, 1.165) is 12.1 Å². The summed E-state index contributed by atoms with van der Waals surface area (Å²) in [5, 5.41) is 10.4. The van der Waals surface area contributed by atoms with Crippen LogP contribution >= 0.6 is 0 Å². The Balaban J connectivity index is 1.83. The van der Waals surface area contributed by atoms with Gasteiger partial charge >= 0.3 is 0 Å². The number of carbonyl (C=O) groups is 1. The van der Waals surface area contributed by atoms with Crippen LogP contribution in [-0.4, -0.2) is 41.2 Å². The molecule has 0 aliphatic heterocycles. The first-order chi connectivity index (χ1) is 12.4. The highest BCUT2D eigenvalue weighted by atomic mass is 16.5. The van der Waals surface area contributed by atoms with Crippen LogP contribution in [0.25, 0.3) is 0 Å². The number of amides is 1. The molecule has 0 aliphatic carbocycles. The smallest absolute Gasteiger partial charge is 0.221 e. The van der Waals surface area contributed by atoms with Crippen LogP contribution in [0.15, 0.2) is 54.6 Å². The van der Waals surface area contributed by atoms with Crippen LogP contribution in [0.2, 0.25) is 0 Å². The number of nitrogens with two attached hydrogens (primary N) is 1. The molecule has 0 unspecified atom stereocenters. The Morgan fingerprint density at radius 1 is 1.08 bits per heavy atom. The fraction of sp³-hybridized carbons (Fsp3) is 0.381. The molecule has 0 heterocycles. The average Bonchev–Trinajstić information content (AvgIpc) is 2.61. The number of aliphatic hydroxyl groups is 1. The van der Waals surface area contributed by atoms with Crippen molar-refractivity contribution in [2.24, 2.45) is 5.73 Å². The molecule has 2 aromatic carbocycles. The van der Waals surface area contributed by atoms with Gasteiger partial charge in [0.1, 0.15) is 18.5 Å². The summed E-state index contributed by atoms with van der Waals surface area (Å²) < 4.78 is 5.67. The predicted molar refractivity (Wildman–Crippen MR) is 103 cm³/mol. The minimum Gasteiger partial charge on any atom is -0.491 e. The van der Waals surface area contributed by atoms with Crippen molar-refractivity contribution in [3.8, 4) is 5.75 Å². The van der Waals surface area contributed by atoms with Crippen LogP contribution in [0.4, 0.5) is 0 Å². The maximum Gasteiger partial charge on any atom is 0.221 e. The van der Waals surface area contributed by atoms with Gasteiger partial charge in [0.05, 0.1) is 6.42 Å². The van der Waals surface area contributed by atoms with Crippen molar-refractivity contribution in [2.75, 3.05) is 13.2 Å². The molecule has 2 rings (SSSR count). The van der Waals surface area contributed by atoms with E-state index in [-0.39, 0.29) is 18.9 Å². The predicted octanol–water partition coefficient (Wildman–Crippen LogP) is 2.36. The van der Waals surface area contributed by atoms with E-state index in [1.54, 1.807) is 12.1 Å². The summed E-state index contributed by atoms with van der Waals surface area (Å²) in [7, 11) is 0. The Hall–Kier alpha value is -2.37. The van der Waals surface area contributed by atoms with E-state index in [2.05, 4.69) is 30.9 Å². The molecular weight excluding hydrogens is 328 g/mol. The zero-order chi connectivity index (χ0) is 18.9. The molecule has 5 heteroatoms. The summed E-state index contributed by atoms with van der Waals surface area (Å²) in [4.78, 5) is 13.1. The van der Waals surface area contributed by atoms with E-state index >= 15 is 0 Å². The summed E-state index contributed by atoms with van der Waals surface area (Å²) in [6.45, 7) is 5.78. The van der Waals surface area contributed by atoms with Crippen molar-refractivity contribution in [3.05, 3.63) is 65.7 Å². The van der Waals surface area contributed by atoms with Crippen molar-refractivity contribution in [1.29, 1.82) is 0 Å². The van der Waals surface area contributed by atoms with Crippen molar-refractivity contribution < 1.29 is 14.6 Å². The normalized spacial score (nSPS) is 12.3. The number of rotatable bonds is 10. The molecule has 0 aliphatic rings. The molecule has 0 aromatic heterocycles. The van der Waals surface area contributed by atoms with Gasteiger partial charge in [-0.05, 0) is 37.1 Å². The van der Waals surface area contributed by atoms with Crippen LogP contribution in [-0.2, 0) is 17.8 Å². The minimum absolute atomic E-state index is 0.214. The van der Waals surface area contributed by atoms with E-state index in [1.807, 2.05) is 30.3 Å². The number of nitrogens with zero attached hydrogens (tertiary/aromatic N) is 1. The Morgan fingerprint density at radius 3 is 2.31 bits per heavy atom. The SMILES string of the molecule is CC(C)N(Cc1ccccc1)C[C@H](O)COc1ccc(CC(N)=O)cc1. The number of ether oxygens (including phenoxy) is 1. The van der Waals surface area contributed by atoms with Gasteiger partial charge in [-0.2, -0.15) is 0 Å². The van der Waals surface area contributed by atoms with Crippen LogP contribution < -0.4 is 10.5 Å². The lowest BCUT2D eigenvalue weighted by molar-refractivity contribution is -0.117. The van der Waals surface area contributed by atoms with Crippen LogP contribution in [0.5, 0.6) is 5.75 Å². The van der Waals surface area contributed by atoms with Crippen molar-refractivity contribution >= 4 is 5.91 Å². The summed E-state index contributed by atoms with van der Waals surface area (Å²) in [6, 6.07) is 17.7. The molecule has 0 saturated carbocycles. The van der Waals surface area contributed by atoms with Gasteiger partial charge in [0.25, 0.3) is 0 Å². The molecule has 140 valence electrons.